The van der Waals surface area contributed by atoms with Crippen LogP contribution in [0.1, 0.15) is 12.8 Å². The molecule has 0 amide bonds. The lowest BCUT2D eigenvalue weighted by molar-refractivity contribution is -0.870. The van der Waals surface area contributed by atoms with Crippen LogP contribution in [0.15, 0.2) is 0 Å². The molecule has 0 bridgehead atoms. The molecule has 0 aliphatic rings. The van der Waals surface area contributed by atoms with E-state index in [1.54, 1.807) is 0 Å². The van der Waals surface area contributed by atoms with Crippen LogP contribution in [0.5, 0.6) is 0 Å². The monoisotopic (exact) mass is 462 g/mol. The Labute approximate surface area is 183 Å². The zero-order chi connectivity index (χ0) is 25.5. The Balaban J connectivity index is -0.000000166. The van der Waals surface area contributed by atoms with Crippen LogP contribution in [0, 0.1) is 5.41 Å². The molecule has 1 unspecified atom stereocenters. The van der Waals surface area contributed by atoms with Crippen molar-refractivity contribution in [2.24, 2.45) is 11.5 Å². The summed E-state index contributed by atoms with van der Waals surface area (Å²) in [7, 11) is 6.16. The standard InChI is InChI=1S/C6H14N4O2.C5H14NO.2C3H8O3/c7-4(5(11)12)2-1-3-10-6(8)9;1-6(2,3)4-5-7;2*4-1-3(6)2-5/h4H,1-3,7H2,(H,11,12)(H4,8,9,10);7H,4-5H2,1-3H3;2*3-6H,1-2H2/q;+1;;. The number of carboxylic acid groups (broad SMARTS) is 1. The summed E-state index contributed by atoms with van der Waals surface area (Å²) in [6.45, 7) is 0.139. The number of hydrogen-bond donors (Lipinski definition) is 12. The van der Waals surface area contributed by atoms with Gasteiger partial charge in [0.25, 0.3) is 0 Å². The molecule has 0 fully saturated rings. The van der Waals surface area contributed by atoms with Crippen molar-refractivity contribution < 1.29 is 50.1 Å². The summed E-state index contributed by atoms with van der Waals surface area (Å²) in [6.07, 6.45) is -0.933. The van der Waals surface area contributed by atoms with Gasteiger partial charge in [-0.15, -0.1) is 0 Å². The molecule has 14 heteroatoms. The lowest BCUT2D eigenvalue weighted by Crippen LogP contribution is -2.36. The van der Waals surface area contributed by atoms with Gasteiger partial charge in [0.15, 0.2) is 5.96 Å². The average molecular weight is 463 g/mol. The van der Waals surface area contributed by atoms with E-state index in [0.717, 1.165) is 11.0 Å². The first-order chi connectivity index (χ1) is 14.2. The number of quaternary nitrogens is 1. The minimum atomic E-state index is -1.00. The highest BCUT2D eigenvalue weighted by molar-refractivity contribution is 5.74. The van der Waals surface area contributed by atoms with Crippen molar-refractivity contribution in [3.8, 4) is 0 Å². The Morgan fingerprint density at radius 1 is 0.968 bits per heavy atom. The zero-order valence-corrected chi connectivity index (χ0v) is 18.7. The molecular weight excluding hydrogens is 418 g/mol. The van der Waals surface area contributed by atoms with Crippen LogP contribution in [0.2, 0.25) is 0 Å². The smallest absolute Gasteiger partial charge is 0.320 e. The molecule has 0 aromatic carbocycles. The van der Waals surface area contributed by atoms with Gasteiger partial charge in [0.05, 0.1) is 54.2 Å². The van der Waals surface area contributed by atoms with E-state index in [0.29, 0.717) is 19.4 Å². The molecule has 0 aromatic heterocycles. The third kappa shape index (κ3) is 43.2. The van der Waals surface area contributed by atoms with E-state index in [-0.39, 0.29) is 39.0 Å². The lowest BCUT2D eigenvalue weighted by atomic mass is 10.2. The fraction of sp³-hybridized carbons (Fsp3) is 0.882. The maximum atomic E-state index is 10.2. The molecule has 0 aliphatic heterocycles. The van der Waals surface area contributed by atoms with Crippen LogP contribution in [0.3, 0.4) is 0 Å². The maximum absolute atomic E-state index is 10.2. The summed E-state index contributed by atoms with van der Waals surface area (Å²) in [6, 6.07) is -0.821. The van der Waals surface area contributed by atoms with Gasteiger partial charge in [-0.3, -0.25) is 10.2 Å². The molecule has 14 nitrogen and oxygen atoms in total. The molecule has 0 saturated carbocycles. The first-order valence-electron chi connectivity index (χ1n) is 9.49. The first kappa shape index (κ1) is 36.7. The summed E-state index contributed by atoms with van der Waals surface area (Å²) in [5.74, 6) is -1.11. The molecule has 0 aromatic rings. The number of nitrogens with two attached hydrogens (primary N) is 2. The third-order valence-electron chi connectivity index (χ3n) is 2.94. The summed E-state index contributed by atoms with van der Waals surface area (Å²) in [4.78, 5) is 10.2. The first-order valence-corrected chi connectivity index (χ1v) is 9.49. The Morgan fingerprint density at radius 2 is 1.35 bits per heavy atom. The second-order valence-electron chi connectivity index (χ2n) is 7.20. The fourth-order valence-electron chi connectivity index (χ4n) is 1.08. The SMILES string of the molecule is C[N+](C)(C)CCO.N=C(N)NCCCC(N)C(=O)O.OCC(O)CO.OCC(O)CO. The average Bonchev–Trinajstić information content (AvgIpc) is 2.69. The molecule has 1 atom stereocenters. The van der Waals surface area contributed by atoms with Crippen molar-refractivity contribution in [2.45, 2.75) is 31.1 Å². The van der Waals surface area contributed by atoms with Gasteiger partial charge in [0, 0.05) is 6.54 Å². The van der Waals surface area contributed by atoms with E-state index >= 15 is 0 Å². The molecule has 0 saturated heterocycles. The Kier molecular flexibility index (Phi) is 29.2. The summed E-state index contributed by atoms with van der Waals surface area (Å²) in [5.41, 5.74) is 10.2. The summed E-state index contributed by atoms with van der Waals surface area (Å²) >= 11 is 0. The van der Waals surface area contributed by atoms with Crippen molar-refractivity contribution in [3.05, 3.63) is 0 Å². The minimum absolute atomic E-state index is 0.112. The molecule has 0 rings (SSSR count). The molecule has 0 aliphatic carbocycles. The highest BCUT2D eigenvalue weighted by Crippen LogP contribution is 1.92. The predicted octanol–water partition coefficient (Wildman–Crippen LogP) is -4.99. The van der Waals surface area contributed by atoms with E-state index in [1.807, 2.05) is 0 Å². The van der Waals surface area contributed by atoms with Crippen molar-refractivity contribution >= 4 is 11.9 Å². The van der Waals surface area contributed by atoms with Crippen LogP contribution in [0.4, 0.5) is 0 Å². The van der Waals surface area contributed by atoms with Crippen molar-refractivity contribution in [2.75, 3.05) is 67.3 Å². The second-order valence-corrected chi connectivity index (χ2v) is 7.20. The quantitative estimate of drug-likeness (QED) is 0.0595. The Morgan fingerprint density at radius 3 is 1.52 bits per heavy atom. The normalized spacial score (nSPS) is 11.3. The van der Waals surface area contributed by atoms with E-state index in [1.165, 1.54) is 0 Å². The Bertz CT molecular complexity index is 394. The van der Waals surface area contributed by atoms with E-state index < -0.39 is 24.2 Å². The lowest BCUT2D eigenvalue weighted by Gasteiger charge is -2.21. The number of carbonyl (C=O) groups is 1. The summed E-state index contributed by atoms with van der Waals surface area (Å²) < 4.78 is 0.844. The maximum Gasteiger partial charge on any atom is 0.320 e. The molecule has 0 spiro atoms. The number of likely N-dealkylation sites (N-methyl/N-ethyl adjacent to an activating group) is 1. The number of carboxylic acids is 1. The zero-order valence-electron chi connectivity index (χ0n) is 18.7. The van der Waals surface area contributed by atoms with Crippen LogP contribution in [-0.4, -0.2) is 143 Å². The fourth-order valence-corrected chi connectivity index (χ4v) is 1.08. The third-order valence-corrected chi connectivity index (χ3v) is 2.94. The van der Waals surface area contributed by atoms with Gasteiger partial charge >= 0.3 is 5.97 Å². The minimum Gasteiger partial charge on any atom is -0.480 e. The number of aliphatic hydroxyl groups is 7. The number of nitrogens with one attached hydrogen (secondary N) is 2. The summed E-state index contributed by atoms with van der Waals surface area (Å²) in [5, 5.41) is 74.1. The molecule has 190 valence electrons. The van der Waals surface area contributed by atoms with Crippen LogP contribution >= 0.6 is 0 Å². The van der Waals surface area contributed by atoms with Crippen molar-refractivity contribution in [1.29, 1.82) is 5.41 Å². The van der Waals surface area contributed by atoms with Gasteiger partial charge < -0.3 is 62.1 Å². The van der Waals surface area contributed by atoms with Crippen molar-refractivity contribution in [1.82, 2.24) is 5.32 Å². The number of aliphatic hydroxyl groups excluding tert-OH is 7. The van der Waals surface area contributed by atoms with Crippen LogP contribution in [-0.2, 0) is 4.79 Å². The van der Waals surface area contributed by atoms with Crippen LogP contribution in [0.25, 0.3) is 0 Å². The largest absolute Gasteiger partial charge is 0.480 e. The molecule has 0 radical (unpaired) electrons. The highest BCUT2D eigenvalue weighted by Gasteiger charge is 2.09. The molecule has 14 N–H and O–H groups in total. The predicted molar refractivity (Wildman–Crippen MR) is 115 cm³/mol. The molecule has 31 heavy (non-hydrogen) atoms. The number of aliphatic carboxylic acids is 1. The van der Waals surface area contributed by atoms with Crippen LogP contribution < -0.4 is 16.8 Å². The number of nitrogens with zero attached hydrogens (tertiary/aromatic N) is 1. The molecular formula is C17H44N5O9+. The van der Waals surface area contributed by atoms with E-state index in [2.05, 4.69) is 26.5 Å². The van der Waals surface area contributed by atoms with E-state index in [4.69, 9.17) is 57.7 Å². The Hall–Kier alpha value is -1.62. The molecule has 0 heterocycles. The number of hydrogen-bond acceptors (Lipinski definition) is 10. The van der Waals surface area contributed by atoms with Gasteiger partial charge in [0.1, 0.15) is 24.8 Å². The van der Waals surface area contributed by atoms with Gasteiger partial charge in [-0.1, -0.05) is 0 Å². The van der Waals surface area contributed by atoms with Crippen molar-refractivity contribution in [3.63, 3.8) is 0 Å². The second kappa shape index (κ2) is 24.6. The van der Waals surface area contributed by atoms with Gasteiger partial charge in [-0.05, 0) is 12.8 Å². The number of rotatable bonds is 11. The topological polar surface area (TPSA) is 267 Å². The highest BCUT2D eigenvalue weighted by atomic mass is 16.4. The van der Waals surface area contributed by atoms with Gasteiger partial charge in [-0.2, -0.15) is 0 Å². The van der Waals surface area contributed by atoms with E-state index in [9.17, 15) is 4.79 Å². The van der Waals surface area contributed by atoms with Gasteiger partial charge in [-0.25, -0.2) is 0 Å². The van der Waals surface area contributed by atoms with Gasteiger partial charge in [0.2, 0.25) is 0 Å². The number of guanidine groups is 1.